The molecule has 0 fully saturated rings. The standard InChI is InChI=1S/C8H10N2O3/c1-10(6-3-2-4-9-6)7(11)5-8(12)13/h2-4,9H,5H2,1H3,(H,12,13). The van der Waals surface area contributed by atoms with Crippen molar-refractivity contribution in [3.8, 4) is 0 Å². The maximum Gasteiger partial charge on any atom is 0.312 e. The van der Waals surface area contributed by atoms with Crippen LogP contribution < -0.4 is 4.90 Å². The average Bonchev–Trinajstić information content (AvgIpc) is 2.53. The Kier molecular flexibility index (Phi) is 2.69. The molecular formula is C8H10N2O3. The van der Waals surface area contributed by atoms with Gasteiger partial charge in [0, 0.05) is 13.2 Å². The van der Waals surface area contributed by atoms with E-state index in [0.717, 1.165) is 0 Å². The SMILES string of the molecule is CN(C(=O)CC(=O)O)c1ccc[nH]1. The minimum absolute atomic E-state index is 0.449. The largest absolute Gasteiger partial charge is 0.481 e. The predicted molar refractivity (Wildman–Crippen MR) is 46.5 cm³/mol. The van der Waals surface area contributed by atoms with Crippen molar-refractivity contribution in [3.63, 3.8) is 0 Å². The molecular weight excluding hydrogens is 172 g/mol. The van der Waals surface area contributed by atoms with Gasteiger partial charge in [0.15, 0.2) is 0 Å². The third-order valence-electron chi connectivity index (χ3n) is 1.62. The number of nitrogens with zero attached hydrogens (tertiary/aromatic N) is 1. The smallest absolute Gasteiger partial charge is 0.312 e. The molecule has 0 spiro atoms. The third-order valence-corrected chi connectivity index (χ3v) is 1.62. The molecule has 0 aliphatic carbocycles. The van der Waals surface area contributed by atoms with Crippen LogP contribution in [-0.4, -0.2) is 29.0 Å². The summed E-state index contributed by atoms with van der Waals surface area (Å²) in [6.07, 6.45) is 1.18. The predicted octanol–water partition coefficient (Wildman–Crippen LogP) is 0.452. The number of hydrogen-bond donors (Lipinski definition) is 2. The minimum atomic E-state index is -1.12. The number of aromatic nitrogens is 1. The van der Waals surface area contributed by atoms with Crippen LogP contribution in [0, 0.1) is 0 Å². The maximum atomic E-state index is 11.2. The highest BCUT2D eigenvalue weighted by atomic mass is 16.4. The Balaban J connectivity index is 2.63. The van der Waals surface area contributed by atoms with Gasteiger partial charge < -0.3 is 15.0 Å². The Labute approximate surface area is 75.0 Å². The molecule has 0 aliphatic rings. The van der Waals surface area contributed by atoms with Crippen LogP contribution in [0.5, 0.6) is 0 Å². The van der Waals surface area contributed by atoms with E-state index in [1.165, 1.54) is 11.9 Å². The topological polar surface area (TPSA) is 73.4 Å². The molecule has 0 unspecified atom stereocenters. The lowest BCUT2D eigenvalue weighted by Gasteiger charge is -2.13. The molecule has 0 saturated carbocycles. The van der Waals surface area contributed by atoms with Gasteiger partial charge in [0.05, 0.1) is 0 Å². The van der Waals surface area contributed by atoms with E-state index in [2.05, 4.69) is 4.98 Å². The lowest BCUT2D eigenvalue weighted by atomic mass is 10.4. The van der Waals surface area contributed by atoms with Crippen molar-refractivity contribution in [1.82, 2.24) is 4.98 Å². The molecule has 0 aromatic carbocycles. The number of H-pyrrole nitrogens is 1. The number of aliphatic carboxylic acids is 1. The Bertz CT molecular complexity index is 305. The first-order chi connectivity index (χ1) is 6.11. The van der Waals surface area contributed by atoms with Gasteiger partial charge in [-0.1, -0.05) is 0 Å². The molecule has 1 aromatic heterocycles. The fourth-order valence-electron chi connectivity index (χ4n) is 0.912. The van der Waals surface area contributed by atoms with Crippen LogP contribution in [0.3, 0.4) is 0 Å². The maximum absolute atomic E-state index is 11.2. The summed E-state index contributed by atoms with van der Waals surface area (Å²) in [6.45, 7) is 0. The molecule has 0 radical (unpaired) electrons. The van der Waals surface area contributed by atoms with Crippen LogP contribution in [0.2, 0.25) is 0 Å². The monoisotopic (exact) mass is 182 g/mol. The molecule has 13 heavy (non-hydrogen) atoms. The molecule has 70 valence electrons. The summed E-state index contributed by atoms with van der Waals surface area (Å²) >= 11 is 0. The molecule has 0 saturated heterocycles. The first kappa shape index (κ1) is 9.31. The summed E-state index contributed by atoms with van der Waals surface area (Å²) in [5.74, 6) is -0.982. The van der Waals surface area contributed by atoms with Gasteiger partial charge in [-0.25, -0.2) is 0 Å². The van der Waals surface area contributed by atoms with Crippen molar-refractivity contribution < 1.29 is 14.7 Å². The molecule has 5 heteroatoms. The number of nitrogens with one attached hydrogen (secondary N) is 1. The van der Waals surface area contributed by atoms with Gasteiger partial charge >= 0.3 is 5.97 Å². The number of aromatic amines is 1. The number of hydrogen-bond acceptors (Lipinski definition) is 2. The lowest BCUT2D eigenvalue weighted by molar-refractivity contribution is -0.140. The number of carboxylic acids is 1. The minimum Gasteiger partial charge on any atom is -0.481 e. The van der Waals surface area contributed by atoms with E-state index in [-0.39, 0.29) is 0 Å². The van der Waals surface area contributed by atoms with Crippen LogP contribution in [0.1, 0.15) is 6.42 Å². The molecule has 0 aliphatic heterocycles. The number of rotatable bonds is 3. The van der Waals surface area contributed by atoms with E-state index in [9.17, 15) is 9.59 Å². The van der Waals surface area contributed by atoms with Gasteiger partial charge in [-0.3, -0.25) is 9.59 Å². The highest BCUT2D eigenvalue weighted by Gasteiger charge is 2.14. The summed E-state index contributed by atoms with van der Waals surface area (Å²) in [7, 11) is 1.52. The van der Waals surface area contributed by atoms with Gasteiger partial charge in [0.1, 0.15) is 12.2 Å². The molecule has 0 atom stereocenters. The van der Waals surface area contributed by atoms with Crippen LogP contribution >= 0.6 is 0 Å². The Hall–Kier alpha value is -1.78. The van der Waals surface area contributed by atoms with E-state index < -0.39 is 18.3 Å². The van der Waals surface area contributed by atoms with E-state index in [0.29, 0.717) is 5.82 Å². The number of carboxylic acid groups (broad SMARTS) is 1. The molecule has 0 bridgehead atoms. The second kappa shape index (κ2) is 3.75. The number of carbonyl (C=O) groups is 2. The van der Waals surface area contributed by atoms with E-state index >= 15 is 0 Å². The van der Waals surface area contributed by atoms with Crippen molar-refractivity contribution in [2.24, 2.45) is 0 Å². The van der Waals surface area contributed by atoms with Gasteiger partial charge in [0.25, 0.3) is 0 Å². The number of amides is 1. The van der Waals surface area contributed by atoms with E-state index in [4.69, 9.17) is 5.11 Å². The molecule has 1 rings (SSSR count). The van der Waals surface area contributed by atoms with E-state index in [1.54, 1.807) is 18.3 Å². The summed E-state index contributed by atoms with van der Waals surface area (Å²) in [5, 5.41) is 8.37. The second-order valence-electron chi connectivity index (χ2n) is 2.58. The summed E-state index contributed by atoms with van der Waals surface area (Å²) in [6, 6.07) is 3.43. The highest BCUT2D eigenvalue weighted by Crippen LogP contribution is 2.08. The zero-order chi connectivity index (χ0) is 9.84. The number of anilines is 1. The Morgan fingerprint density at radius 1 is 1.62 bits per heavy atom. The average molecular weight is 182 g/mol. The van der Waals surface area contributed by atoms with Crippen molar-refractivity contribution in [2.75, 3.05) is 11.9 Å². The quantitative estimate of drug-likeness (QED) is 0.666. The van der Waals surface area contributed by atoms with Crippen molar-refractivity contribution in [3.05, 3.63) is 18.3 Å². The van der Waals surface area contributed by atoms with Gasteiger partial charge in [-0.15, -0.1) is 0 Å². The van der Waals surface area contributed by atoms with Crippen molar-refractivity contribution in [1.29, 1.82) is 0 Å². The van der Waals surface area contributed by atoms with E-state index in [1.807, 2.05) is 0 Å². The van der Waals surface area contributed by atoms with Gasteiger partial charge in [-0.2, -0.15) is 0 Å². The molecule has 2 N–H and O–H groups in total. The molecule has 1 aromatic rings. The third kappa shape index (κ3) is 2.33. The van der Waals surface area contributed by atoms with Gasteiger partial charge in [-0.05, 0) is 12.1 Å². The fraction of sp³-hybridized carbons (Fsp3) is 0.250. The summed E-state index contributed by atoms with van der Waals surface area (Å²) in [5.41, 5.74) is 0. The van der Waals surface area contributed by atoms with Crippen LogP contribution in [-0.2, 0) is 9.59 Å². The normalized spacial score (nSPS) is 9.62. The van der Waals surface area contributed by atoms with Crippen LogP contribution in [0.25, 0.3) is 0 Å². The van der Waals surface area contributed by atoms with Crippen LogP contribution in [0.15, 0.2) is 18.3 Å². The molecule has 1 heterocycles. The second-order valence-corrected chi connectivity index (χ2v) is 2.58. The molecule has 1 amide bonds. The molecule has 5 nitrogen and oxygen atoms in total. The Morgan fingerprint density at radius 2 is 2.31 bits per heavy atom. The zero-order valence-corrected chi connectivity index (χ0v) is 7.15. The number of carbonyl (C=O) groups excluding carboxylic acids is 1. The summed E-state index contributed by atoms with van der Waals surface area (Å²) < 4.78 is 0. The van der Waals surface area contributed by atoms with Crippen LogP contribution in [0.4, 0.5) is 5.82 Å². The Morgan fingerprint density at radius 3 is 2.77 bits per heavy atom. The van der Waals surface area contributed by atoms with Gasteiger partial charge in [0.2, 0.25) is 5.91 Å². The van der Waals surface area contributed by atoms with Crippen molar-refractivity contribution in [2.45, 2.75) is 6.42 Å². The first-order valence-electron chi connectivity index (χ1n) is 3.73. The summed E-state index contributed by atoms with van der Waals surface area (Å²) in [4.78, 5) is 25.5. The first-order valence-corrected chi connectivity index (χ1v) is 3.73. The van der Waals surface area contributed by atoms with Crippen molar-refractivity contribution >= 4 is 17.7 Å². The lowest BCUT2D eigenvalue weighted by Crippen LogP contribution is -2.28. The zero-order valence-electron chi connectivity index (χ0n) is 7.15. The highest BCUT2D eigenvalue weighted by molar-refractivity contribution is 6.02. The fourth-order valence-corrected chi connectivity index (χ4v) is 0.912.